The Bertz CT molecular complexity index is 743. The van der Waals surface area contributed by atoms with Crippen LogP contribution in [0.15, 0.2) is 41.6 Å². The fourth-order valence-electron chi connectivity index (χ4n) is 2.03. The first-order valence-corrected chi connectivity index (χ1v) is 7.51. The lowest BCUT2D eigenvalue weighted by Gasteiger charge is -2.14. The molecule has 0 heterocycles. The van der Waals surface area contributed by atoms with Crippen molar-refractivity contribution in [2.45, 2.75) is 13.5 Å². The highest BCUT2D eigenvalue weighted by Gasteiger charge is 2.13. The van der Waals surface area contributed by atoms with Gasteiger partial charge in [0, 0.05) is 5.56 Å². The van der Waals surface area contributed by atoms with Crippen LogP contribution in [0.1, 0.15) is 28.4 Å². The molecule has 0 unspecified atom stereocenters. The molecule has 7 heteroatoms. The molecular weight excluding hydrogens is 334 g/mol. The molecule has 0 aliphatic heterocycles. The summed E-state index contributed by atoms with van der Waals surface area (Å²) in [6, 6.07) is 9.60. The highest BCUT2D eigenvalue weighted by molar-refractivity contribution is 6.32. The van der Waals surface area contributed by atoms with Gasteiger partial charge in [-0.25, -0.2) is 4.79 Å². The molecule has 0 aliphatic carbocycles. The van der Waals surface area contributed by atoms with E-state index in [2.05, 4.69) is 5.16 Å². The van der Waals surface area contributed by atoms with Crippen molar-refractivity contribution in [2.24, 2.45) is 5.16 Å². The maximum Gasteiger partial charge on any atom is 0.335 e. The monoisotopic (exact) mass is 349 g/mol. The van der Waals surface area contributed by atoms with Crippen LogP contribution in [0.25, 0.3) is 0 Å². The molecule has 0 aromatic heterocycles. The lowest BCUT2D eigenvalue weighted by molar-refractivity contribution is 0.0697. The SMILES string of the molecule is CCOc1cc(/C=N\O)cc(Cl)c1OCc1ccc(C(=O)O)cc1. The summed E-state index contributed by atoms with van der Waals surface area (Å²) in [7, 11) is 0. The molecule has 0 spiro atoms. The maximum absolute atomic E-state index is 10.8. The Hall–Kier alpha value is -2.73. The number of ether oxygens (including phenoxy) is 2. The Kier molecular flexibility index (Phi) is 6.03. The Balaban J connectivity index is 2.20. The maximum atomic E-state index is 10.8. The molecule has 24 heavy (non-hydrogen) atoms. The third-order valence-corrected chi connectivity index (χ3v) is 3.40. The molecule has 2 aromatic rings. The van der Waals surface area contributed by atoms with E-state index in [0.29, 0.717) is 28.7 Å². The van der Waals surface area contributed by atoms with Gasteiger partial charge in [0.15, 0.2) is 11.5 Å². The fourth-order valence-corrected chi connectivity index (χ4v) is 2.30. The number of halogens is 1. The van der Waals surface area contributed by atoms with Gasteiger partial charge in [-0.3, -0.25) is 0 Å². The number of carbonyl (C=O) groups is 1. The van der Waals surface area contributed by atoms with E-state index in [9.17, 15) is 4.79 Å². The zero-order chi connectivity index (χ0) is 17.5. The second kappa shape index (κ2) is 8.21. The van der Waals surface area contributed by atoms with Crippen LogP contribution in [0.4, 0.5) is 0 Å². The van der Waals surface area contributed by atoms with E-state index >= 15 is 0 Å². The number of rotatable bonds is 7. The Morgan fingerprint density at radius 1 is 1.25 bits per heavy atom. The van der Waals surface area contributed by atoms with E-state index in [1.165, 1.54) is 18.3 Å². The van der Waals surface area contributed by atoms with Crippen molar-refractivity contribution in [1.29, 1.82) is 0 Å². The number of nitrogens with zero attached hydrogens (tertiary/aromatic N) is 1. The average Bonchev–Trinajstić information content (AvgIpc) is 2.55. The normalized spacial score (nSPS) is 10.8. The van der Waals surface area contributed by atoms with Crippen molar-refractivity contribution < 1.29 is 24.6 Å². The average molecular weight is 350 g/mol. The molecule has 2 aromatic carbocycles. The number of carboxylic acid groups (broad SMARTS) is 1. The van der Waals surface area contributed by atoms with Crippen LogP contribution in [0, 0.1) is 0 Å². The van der Waals surface area contributed by atoms with Crippen LogP contribution in [-0.4, -0.2) is 29.1 Å². The minimum atomic E-state index is -0.981. The van der Waals surface area contributed by atoms with Crippen molar-refractivity contribution >= 4 is 23.8 Å². The van der Waals surface area contributed by atoms with Crippen LogP contribution in [0.3, 0.4) is 0 Å². The van der Waals surface area contributed by atoms with Crippen LogP contribution in [0.5, 0.6) is 11.5 Å². The van der Waals surface area contributed by atoms with Crippen LogP contribution in [-0.2, 0) is 6.61 Å². The molecule has 0 saturated carbocycles. The summed E-state index contributed by atoms with van der Waals surface area (Å²) in [5, 5.41) is 20.8. The number of aromatic carboxylic acids is 1. The van der Waals surface area contributed by atoms with Crippen molar-refractivity contribution in [3.63, 3.8) is 0 Å². The quantitative estimate of drug-likeness (QED) is 0.450. The Labute approximate surface area is 143 Å². The van der Waals surface area contributed by atoms with Gasteiger partial charge in [-0.2, -0.15) is 0 Å². The number of benzene rings is 2. The summed E-state index contributed by atoms with van der Waals surface area (Å²) in [6.45, 7) is 2.45. The predicted octanol–water partition coefficient (Wildman–Crippen LogP) is 3.82. The van der Waals surface area contributed by atoms with Gasteiger partial charge in [-0.15, -0.1) is 0 Å². The highest BCUT2D eigenvalue weighted by Crippen LogP contribution is 2.36. The van der Waals surface area contributed by atoms with Crippen LogP contribution < -0.4 is 9.47 Å². The van der Waals surface area contributed by atoms with Gasteiger partial charge in [-0.1, -0.05) is 28.9 Å². The number of oxime groups is 1. The molecule has 0 amide bonds. The van der Waals surface area contributed by atoms with Gasteiger partial charge >= 0.3 is 5.97 Å². The van der Waals surface area contributed by atoms with Crippen LogP contribution >= 0.6 is 11.6 Å². The number of carboxylic acids is 1. The van der Waals surface area contributed by atoms with E-state index in [1.807, 2.05) is 6.92 Å². The molecule has 2 N–H and O–H groups in total. The molecule has 126 valence electrons. The van der Waals surface area contributed by atoms with Crippen molar-refractivity contribution in [2.75, 3.05) is 6.61 Å². The lowest BCUT2D eigenvalue weighted by atomic mass is 10.1. The summed E-state index contributed by atoms with van der Waals surface area (Å²) in [5.41, 5.74) is 1.57. The van der Waals surface area contributed by atoms with E-state index < -0.39 is 5.97 Å². The van der Waals surface area contributed by atoms with Crippen molar-refractivity contribution in [1.82, 2.24) is 0 Å². The smallest absolute Gasteiger partial charge is 0.335 e. The predicted molar refractivity (Wildman–Crippen MR) is 89.7 cm³/mol. The van der Waals surface area contributed by atoms with E-state index in [4.69, 9.17) is 31.4 Å². The Morgan fingerprint density at radius 2 is 1.96 bits per heavy atom. The summed E-state index contributed by atoms with van der Waals surface area (Å²) in [6.07, 6.45) is 1.24. The molecule has 6 nitrogen and oxygen atoms in total. The van der Waals surface area contributed by atoms with Gasteiger partial charge in [0.05, 0.1) is 23.4 Å². The van der Waals surface area contributed by atoms with E-state index in [-0.39, 0.29) is 12.2 Å². The second-order valence-corrected chi connectivity index (χ2v) is 5.21. The highest BCUT2D eigenvalue weighted by atomic mass is 35.5. The first-order valence-electron chi connectivity index (χ1n) is 7.14. The largest absolute Gasteiger partial charge is 0.490 e. The first kappa shape index (κ1) is 17.6. The van der Waals surface area contributed by atoms with Gasteiger partial charge < -0.3 is 19.8 Å². The fraction of sp³-hybridized carbons (Fsp3) is 0.176. The molecule has 0 saturated heterocycles. The third kappa shape index (κ3) is 4.39. The van der Waals surface area contributed by atoms with E-state index in [1.54, 1.807) is 24.3 Å². The second-order valence-electron chi connectivity index (χ2n) is 4.80. The molecular formula is C17H16ClNO5. The topological polar surface area (TPSA) is 88.4 Å². The molecule has 0 atom stereocenters. The van der Waals surface area contributed by atoms with Gasteiger partial charge in [0.2, 0.25) is 0 Å². The Morgan fingerprint density at radius 3 is 2.54 bits per heavy atom. The molecule has 0 aliphatic rings. The van der Waals surface area contributed by atoms with Crippen molar-refractivity contribution in [3.05, 3.63) is 58.1 Å². The van der Waals surface area contributed by atoms with Gasteiger partial charge in [0.1, 0.15) is 6.61 Å². The van der Waals surface area contributed by atoms with Gasteiger partial charge in [0.25, 0.3) is 0 Å². The zero-order valence-electron chi connectivity index (χ0n) is 12.9. The third-order valence-electron chi connectivity index (χ3n) is 3.12. The molecule has 0 bridgehead atoms. The minimum absolute atomic E-state index is 0.202. The zero-order valence-corrected chi connectivity index (χ0v) is 13.7. The molecule has 0 radical (unpaired) electrons. The summed E-state index contributed by atoms with van der Waals surface area (Å²) in [5.74, 6) is -0.178. The number of hydrogen-bond acceptors (Lipinski definition) is 5. The molecule has 2 rings (SSSR count). The number of hydrogen-bond donors (Lipinski definition) is 2. The van der Waals surface area contributed by atoms with E-state index in [0.717, 1.165) is 5.56 Å². The molecule has 0 fully saturated rings. The summed E-state index contributed by atoms with van der Waals surface area (Å²) < 4.78 is 11.2. The van der Waals surface area contributed by atoms with Crippen molar-refractivity contribution in [3.8, 4) is 11.5 Å². The summed E-state index contributed by atoms with van der Waals surface area (Å²) in [4.78, 5) is 10.8. The van der Waals surface area contributed by atoms with Crippen LogP contribution in [0.2, 0.25) is 5.02 Å². The standard InChI is InChI=1S/C17H16ClNO5/c1-2-23-15-8-12(9-19-22)7-14(18)16(15)24-10-11-3-5-13(6-4-11)17(20)21/h3-9,22H,2,10H2,1H3,(H,20,21)/b19-9-. The first-order chi connectivity index (χ1) is 11.5. The summed E-state index contributed by atoms with van der Waals surface area (Å²) >= 11 is 6.21. The lowest BCUT2D eigenvalue weighted by Crippen LogP contribution is -2.02. The van der Waals surface area contributed by atoms with Gasteiger partial charge in [-0.05, 0) is 36.8 Å². The minimum Gasteiger partial charge on any atom is -0.490 e.